The fourth-order valence-electron chi connectivity index (χ4n) is 4.65. The molecule has 0 aromatic heterocycles. The maximum Gasteiger partial charge on any atom is 0.264 e. The second-order valence-corrected chi connectivity index (χ2v) is 8.63. The van der Waals surface area contributed by atoms with Crippen LogP contribution in [-0.2, 0) is 11.3 Å². The van der Waals surface area contributed by atoms with E-state index in [9.17, 15) is 9.59 Å². The largest absolute Gasteiger partial charge is 0.496 e. The van der Waals surface area contributed by atoms with Crippen molar-refractivity contribution in [2.75, 3.05) is 19.5 Å². The summed E-state index contributed by atoms with van der Waals surface area (Å²) < 4.78 is 16.9. The molecule has 36 heavy (non-hydrogen) atoms. The maximum absolute atomic E-state index is 13.5. The predicted molar refractivity (Wildman–Crippen MR) is 139 cm³/mol. The minimum Gasteiger partial charge on any atom is -0.496 e. The van der Waals surface area contributed by atoms with Crippen molar-refractivity contribution in [1.82, 2.24) is 4.90 Å². The van der Waals surface area contributed by atoms with Crippen LogP contribution in [0, 0.1) is 0 Å². The first-order valence-electron chi connectivity index (χ1n) is 12.2. The molecule has 0 fully saturated rings. The highest BCUT2D eigenvalue weighted by molar-refractivity contribution is 6.08. The van der Waals surface area contributed by atoms with Crippen LogP contribution in [0.1, 0.15) is 54.2 Å². The highest BCUT2D eigenvalue weighted by atomic mass is 16.5. The third-order valence-electron chi connectivity index (χ3n) is 6.46. The number of benzene rings is 3. The molecule has 2 atom stereocenters. The lowest BCUT2D eigenvalue weighted by Crippen LogP contribution is -2.41. The Morgan fingerprint density at radius 1 is 1.03 bits per heavy atom. The standard InChI is InChI=1S/C29H32N2O5/c1-5-22(19-11-8-7-9-12-19)31-18-20-17-21(15-16-24(20)36-23(6-2)29(31)33)30-28(32)27-25(34-3)13-10-14-26(27)35-4/h7-17,22-23H,5-6,18H2,1-4H3,(H,30,32)/t22-,23-/m1/s1. The van der Waals surface area contributed by atoms with Crippen molar-refractivity contribution in [3.63, 3.8) is 0 Å². The summed E-state index contributed by atoms with van der Waals surface area (Å²) in [5.41, 5.74) is 2.81. The molecule has 0 bridgehead atoms. The summed E-state index contributed by atoms with van der Waals surface area (Å²) >= 11 is 0. The second-order valence-electron chi connectivity index (χ2n) is 8.63. The van der Waals surface area contributed by atoms with Crippen LogP contribution in [-0.4, -0.2) is 37.0 Å². The van der Waals surface area contributed by atoms with Crippen molar-refractivity contribution < 1.29 is 23.8 Å². The fourth-order valence-corrected chi connectivity index (χ4v) is 4.65. The third-order valence-corrected chi connectivity index (χ3v) is 6.46. The molecule has 188 valence electrons. The third kappa shape index (κ3) is 5.00. The molecule has 1 N–H and O–H groups in total. The van der Waals surface area contributed by atoms with E-state index in [1.54, 1.807) is 24.3 Å². The van der Waals surface area contributed by atoms with Crippen LogP contribution in [0.15, 0.2) is 66.7 Å². The molecule has 0 spiro atoms. The number of methoxy groups -OCH3 is 2. The zero-order chi connectivity index (χ0) is 25.7. The summed E-state index contributed by atoms with van der Waals surface area (Å²) in [6.45, 7) is 4.40. The van der Waals surface area contributed by atoms with Gasteiger partial charge in [-0.2, -0.15) is 0 Å². The number of nitrogens with zero attached hydrogens (tertiary/aromatic N) is 1. The first-order chi connectivity index (χ1) is 17.5. The van der Waals surface area contributed by atoms with Crippen LogP contribution in [0.2, 0.25) is 0 Å². The lowest BCUT2D eigenvalue weighted by Gasteiger charge is -2.32. The van der Waals surface area contributed by atoms with Gasteiger partial charge in [-0.05, 0) is 48.7 Å². The molecular weight excluding hydrogens is 456 g/mol. The molecule has 7 heteroatoms. The van der Waals surface area contributed by atoms with Crippen molar-refractivity contribution in [3.8, 4) is 17.2 Å². The molecule has 1 aliphatic heterocycles. The first kappa shape index (κ1) is 25.1. The number of nitrogens with one attached hydrogen (secondary N) is 1. The van der Waals surface area contributed by atoms with Crippen molar-refractivity contribution in [2.45, 2.75) is 45.4 Å². The molecule has 1 aliphatic rings. The highest BCUT2D eigenvalue weighted by Crippen LogP contribution is 2.35. The molecule has 0 saturated heterocycles. The van der Waals surface area contributed by atoms with Gasteiger partial charge in [-0.1, -0.05) is 50.2 Å². The Balaban J connectivity index is 1.67. The number of carbonyl (C=O) groups is 2. The van der Waals surface area contributed by atoms with E-state index in [4.69, 9.17) is 14.2 Å². The fraction of sp³-hybridized carbons (Fsp3) is 0.310. The predicted octanol–water partition coefficient (Wildman–Crippen LogP) is 5.61. The van der Waals surface area contributed by atoms with Gasteiger partial charge in [-0.3, -0.25) is 9.59 Å². The Hall–Kier alpha value is -4.00. The molecule has 0 unspecified atom stereocenters. The normalized spacial score (nSPS) is 15.8. The number of hydrogen-bond donors (Lipinski definition) is 1. The zero-order valence-corrected chi connectivity index (χ0v) is 21.1. The van der Waals surface area contributed by atoms with Gasteiger partial charge in [-0.25, -0.2) is 0 Å². The number of hydrogen-bond acceptors (Lipinski definition) is 5. The molecule has 3 aromatic carbocycles. The molecule has 4 rings (SSSR count). The summed E-state index contributed by atoms with van der Waals surface area (Å²) in [4.78, 5) is 28.6. The Bertz CT molecular complexity index is 1210. The van der Waals surface area contributed by atoms with Crippen LogP contribution in [0.25, 0.3) is 0 Å². The van der Waals surface area contributed by atoms with Crippen LogP contribution in [0.5, 0.6) is 17.2 Å². The van der Waals surface area contributed by atoms with Gasteiger partial charge in [0.15, 0.2) is 6.10 Å². The number of ether oxygens (including phenoxy) is 3. The minimum absolute atomic E-state index is 0.0336. The van der Waals surface area contributed by atoms with Crippen molar-refractivity contribution in [3.05, 3.63) is 83.4 Å². The van der Waals surface area contributed by atoms with E-state index in [1.165, 1.54) is 14.2 Å². The van der Waals surface area contributed by atoms with E-state index < -0.39 is 6.10 Å². The first-order valence-corrected chi connectivity index (χ1v) is 12.2. The maximum atomic E-state index is 13.5. The van der Waals surface area contributed by atoms with Crippen molar-refractivity contribution in [1.29, 1.82) is 0 Å². The molecule has 0 saturated carbocycles. The molecule has 0 radical (unpaired) electrons. The van der Waals surface area contributed by atoms with Gasteiger partial charge in [0.2, 0.25) is 0 Å². The average Bonchev–Trinajstić information content (AvgIpc) is 3.05. The van der Waals surface area contributed by atoms with Crippen molar-refractivity contribution >= 4 is 17.5 Å². The van der Waals surface area contributed by atoms with Gasteiger partial charge in [0, 0.05) is 11.3 Å². The molecule has 1 heterocycles. The number of rotatable bonds is 8. The van der Waals surface area contributed by atoms with Gasteiger partial charge >= 0.3 is 0 Å². The summed E-state index contributed by atoms with van der Waals surface area (Å²) in [5.74, 6) is 1.10. The number of carbonyl (C=O) groups excluding carboxylic acids is 2. The van der Waals surface area contributed by atoms with Crippen LogP contribution in [0.4, 0.5) is 5.69 Å². The van der Waals surface area contributed by atoms with E-state index in [2.05, 4.69) is 12.2 Å². The quantitative estimate of drug-likeness (QED) is 0.446. The average molecular weight is 489 g/mol. The zero-order valence-electron chi connectivity index (χ0n) is 21.1. The minimum atomic E-state index is -0.567. The Kier molecular flexibility index (Phi) is 7.78. The Morgan fingerprint density at radius 2 is 1.72 bits per heavy atom. The molecular formula is C29H32N2O5. The Labute approximate surface area is 212 Å². The monoisotopic (exact) mass is 488 g/mol. The van der Waals surface area contributed by atoms with Gasteiger partial charge in [-0.15, -0.1) is 0 Å². The summed E-state index contributed by atoms with van der Waals surface area (Å²) in [6.07, 6.45) is 0.764. The van der Waals surface area contributed by atoms with E-state index in [-0.39, 0.29) is 17.9 Å². The van der Waals surface area contributed by atoms with Gasteiger partial charge in [0.25, 0.3) is 11.8 Å². The molecule has 2 amide bonds. The van der Waals surface area contributed by atoms with Gasteiger partial charge < -0.3 is 24.4 Å². The molecule has 3 aromatic rings. The van der Waals surface area contributed by atoms with Crippen molar-refractivity contribution in [2.24, 2.45) is 0 Å². The Morgan fingerprint density at radius 3 is 2.33 bits per heavy atom. The number of fused-ring (bicyclic) bond motifs is 1. The van der Waals surface area contributed by atoms with E-state index in [1.807, 2.05) is 54.3 Å². The lowest BCUT2D eigenvalue weighted by molar-refractivity contribution is -0.141. The lowest BCUT2D eigenvalue weighted by atomic mass is 10.0. The molecule has 7 nitrogen and oxygen atoms in total. The van der Waals surface area contributed by atoms with E-state index in [0.717, 1.165) is 17.5 Å². The van der Waals surface area contributed by atoms with E-state index >= 15 is 0 Å². The molecule has 0 aliphatic carbocycles. The number of amides is 2. The smallest absolute Gasteiger partial charge is 0.264 e. The van der Waals surface area contributed by atoms with Crippen LogP contribution in [0.3, 0.4) is 0 Å². The highest BCUT2D eigenvalue weighted by Gasteiger charge is 2.34. The summed E-state index contributed by atoms with van der Waals surface area (Å²) in [6, 6.07) is 20.6. The van der Waals surface area contributed by atoms with E-state index in [0.29, 0.717) is 41.5 Å². The number of anilines is 1. The van der Waals surface area contributed by atoms with Crippen LogP contribution < -0.4 is 19.5 Å². The SMILES string of the molecule is CC[C@H](c1ccccc1)N1Cc2cc(NC(=O)c3c(OC)cccc3OC)ccc2O[C@H](CC)C1=O. The van der Waals surface area contributed by atoms with Gasteiger partial charge in [0.05, 0.1) is 26.8 Å². The second kappa shape index (κ2) is 11.2. The summed E-state index contributed by atoms with van der Waals surface area (Å²) in [7, 11) is 3.02. The topological polar surface area (TPSA) is 77.1 Å². The van der Waals surface area contributed by atoms with Crippen LogP contribution >= 0.6 is 0 Å². The summed E-state index contributed by atoms with van der Waals surface area (Å²) in [5, 5.41) is 2.95. The van der Waals surface area contributed by atoms with Gasteiger partial charge in [0.1, 0.15) is 22.8 Å².